The molecule has 0 bridgehead atoms. The molecule has 2 amide bonds. The average molecular weight is 576 g/mol. The van der Waals surface area contributed by atoms with Gasteiger partial charge in [0.25, 0.3) is 5.91 Å². The van der Waals surface area contributed by atoms with Crippen molar-refractivity contribution in [3.63, 3.8) is 0 Å². The summed E-state index contributed by atoms with van der Waals surface area (Å²) >= 11 is 0. The predicted octanol–water partition coefficient (Wildman–Crippen LogP) is 2.69. The summed E-state index contributed by atoms with van der Waals surface area (Å²) in [6, 6.07) is 9.19. The Morgan fingerprint density at radius 2 is 1.71 bits per heavy atom. The van der Waals surface area contributed by atoms with Crippen molar-refractivity contribution in [1.29, 1.82) is 0 Å². The second-order valence-corrected chi connectivity index (χ2v) is 11.6. The Balaban J connectivity index is 1.22. The molecule has 0 spiro atoms. The van der Waals surface area contributed by atoms with Crippen LogP contribution in [-0.2, 0) is 11.2 Å². The minimum absolute atomic E-state index is 0.0598. The van der Waals surface area contributed by atoms with Gasteiger partial charge in [-0.2, -0.15) is 0 Å². The maximum Gasteiger partial charge on any atom is 0.271 e. The minimum Gasteiger partial charge on any atom is -0.371 e. The number of hydrogen-bond donors (Lipinski definition) is 3. The Labute approximate surface area is 249 Å². The van der Waals surface area contributed by atoms with Crippen LogP contribution in [0.4, 0.5) is 23.0 Å². The Hall–Kier alpha value is -3.70. The van der Waals surface area contributed by atoms with Crippen LogP contribution < -0.4 is 21.3 Å². The van der Waals surface area contributed by atoms with Gasteiger partial charge in [-0.3, -0.25) is 14.5 Å². The predicted molar refractivity (Wildman–Crippen MR) is 167 cm³/mol. The maximum absolute atomic E-state index is 12.3. The molecule has 1 aromatic carbocycles. The number of benzene rings is 1. The van der Waals surface area contributed by atoms with Gasteiger partial charge in [0.15, 0.2) is 11.5 Å². The van der Waals surface area contributed by atoms with Crippen LogP contribution in [0.5, 0.6) is 0 Å². The van der Waals surface area contributed by atoms with Gasteiger partial charge in [0.1, 0.15) is 5.82 Å². The first kappa shape index (κ1) is 29.8. The molecule has 1 aliphatic carbocycles. The van der Waals surface area contributed by atoms with Crippen LogP contribution in [0.3, 0.4) is 0 Å². The van der Waals surface area contributed by atoms with E-state index in [0.29, 0.717) is 42.9 Å². The molecule has 11 nitrogen and oxygen atoms in total. The highest BCUT2D eigenvalue weighted by atomic mass is 16.2. The number of piperazine rings is 1. The lowest BCUT2D eigenvalue weighted by Crippen LogP contribution is -2.52. The number of likely N-dealkylation sites (N-methyl/N-ethyl adjacent to an activating group) is 1. The van der Waals surface area contributed by atoms with Gasteiger partial charge in [-0.05, 0) is 69.5 Å². The number of amides is 2. The van der Waals surface area contributed by atoms with Gasteiger partial charge < -0.3 is 31.1 Å². The van der Waals surface area contributed by atoms with Crippen LogP contribution in [0, 0.1) is 0 Å². The molecule has 2 aliphatic heterocycles. The minimum atomic E-state index is -0.637. The van der Waals surface area contributed by atoms with Crippen LogP contribution in [0.15, 0.2) is 36.9 Å². The molecular weight excluding hydrogens is 530 g/mol. The van der Waals surface area contributed by atoms with Crippen molar-refractivity contribution in [2.75, 3.05) is 74.9 Å². The Morgan fingerprint density at radius 3 is 2.31 bits per heavy atom. The maximum atomic E-state index is 12.3. The number of nitrogens with two attached hydrogens (primary N) is 1. The monoisotopic (exact) mass is 575 g/mol. The molecule has 0 radical (unpaired) electrons. The molecular formula is C31H45N9O2. The Morgan fingerprint density at radius 1 is 1.02 bits per heavy atom. The number of piperidine rings is 1. The fourth-order valence-corrected chi connectivity index (χ4v) is 5.96. The molecule has 2 saturated heterocycles. The van der Waals surface area contributed by atoms with Crippen molar-refractivity contribution < 1.29 is 9.59 Å². The topological polar surface area (TPSA) is 123 Å². The molecule has 1 aromatic heterocycles. The first-order valence-electron chi connectivity index (χ1n) is 15.3. The number of nitrogens with zero attached hydrogens (tertiary/aromatic N) is 6. The van der Waals surface area contributed by atoms with Crippen molar-refractivity contribution in [2.45, 2.75) is 51.1 Å². The van der Waals surface area contributed by atoms with E-state index in [2.05, 4.69) is 56.1 Å². The van der Waals surface area contributed by atoms with E-state index in [1.165, 1.54) is 37.7 Å². The molecule has 0 atom stereocenters. The third kappa shape index (κ3) is 7.19. The first-order valence-corrected chi connectivity index (χ1v) is 15.3. The molecule has 11 heteroatoms. The van der Waals surface area contributed by atoms with Crippen LogP contribution in [0.2, 0.25) is 0 Å². The zero-order valence-corrected chi connectivity index (χ0v) is 25.0. The van der Waals surface area contributed by atoms with Gasteiger partial charge in [-0.15, -0.1) is 0 Å². The number of hydrogen-bond acceptors (Lipinski definition) is 9. The third-order valence-corrected chi connectivity index (χ3v) is 8.64. The molecule has 226 valence electrons. The van der Waals surface area contributed by atoms with Crippen molar-refractivity contribution >= 4 is 34.8 Å². The van der Waals surface area contributed by atoms with Crippen LogP contribution in [0.1, 0.15) is 48.8 Å². The van der Waals surface area contributed by atoms with Gasteiger partial charge in [0, 0.05) is 75.8 Å². The average Bonchev–Trinajstić information content (AvgIpc) is 3.85. The van der Waals surface area contributed by atoms with Crippen LogP contribution in [0.25, 0.3) is 0 Å². The molecule has 2 aromatic rings. The Kier molecular flexibility index (Phi) is 9.58. The van der Waals surface area contributed by atoms with E-state index >= 15 is 0 Å². The lowest BCUT2D eigenvalue weighted by Gasteiger charge is -2.42. The SMILES string of the molecule is C=CC(=O)N(CCNc1nc(Nc2ccc(N3CCC(N4CCN(C)CC4)CC3)cc2)c(C(N)=O)nc1CC)C1CC1. The summed E-state index contributed by atoms with van der Waals surface area (Å²) in [5.74, 6) is 0.189. The van der Waals surface area contributed by atoms with E-state index in [9.17, 15) is 9.59 Å². The van der Waals surface area contributed by atoms with E-state index in [1.807, 2.05) is 24.0 Å². The largest absolute Gasteiger partial charge is 0.371 e. The second kappa shape index (κ2) is 13.5. The van der Waals surface area contributed by atoms with Crippen molar-refractivity contribution in [3.05, 3.63) is 48.3 Å². The third-order valence-electron chi connectivity index (χ3n) is 8.64. The number of carbonyl (C=O) groups is 2. The zero-order chi connectivity index (χ0) is 29.6. The Bertz CT molecular complexity index is 1250. The van der Waals surface area contributed by atoms with Crippen molar-refractivity contribution in [2.24, 2.45) is 5.73 Å². The molecule has 1 saturated carbocycles. The number of primary amides is 1. The van der Waals surface area contributed by atoms with E-state index in [0.717, 1.165) is 44.7 Å². The number of rotatable bonds is 12. The van der Waals surface area contributed by atoms with Crippen molar-refractivity contribution in [1.82, 2.24) is 24.7 Å². The van der Waals surface area contributed by atoms with Crippen molar-refractivity contribution in [3.8, 4) is 0 Å². The van der Waals surface area contributed by atoms with Crippen LogP contribution in [-0.4, -0.2) is 108 Å². The zero-order valence-electron chi connectivity index (χ0n) is 25.0. The summed E-state index contributed by atoms with van der Waals surface area (Å²) in [6.45, 7) is 13.4. The number of aryl methyl sites for hydroxylation is 1. The van der Waals surface area contributed by atoms with Gasteiger partial charge in [0.05, 0.1) is 5.69 Å². The van der Waals surface area contributed by atoms with E-state index < -0.39 is 5.91 Å². The summed E-state index contributed by atoms with van der Waals surface area (Å²) in [6.07, 6.45) is 6.35. The van der Waals surface area contributed by atoms with E-state index in [1.54, 1.807) is 0 Å². The summed E-state index contributed by atoms with van der Waals surface area (Å²) in [5.41, 5.74) is 8.44. The molecule has 3 aliphatic rings. The normalized spacial score (nSPS) is 18.5. The molecule has 5 rings (SSSR count). The highest BCUT2D eigenvalue weighted by Crippen LogP contribution is 2.28. The van der Waals surface area contributed by atoms with Gasteiger partial charge in [-0.1, -0.05) is 13.5 Å². The lowest BCUT2D eigenvalue weighted by atomic mass is 10.0. The summed E-state index contributed by atoms with van der Waals surface area (Å²) in [5, 5.41) is 6.59. The first-order chi connectivity index (χ1) is 20.4. The van der Waals surface area contributed by atoms with E-state index in [4.69, 9.17) is 10.7 Å². The molecule has 3 heterocycles. The lowest BCUT2D eigenvalue weighted by molar-refractivity contribution is -0.126. The fourth-order valence-electron chi connectivity index (χ4n) is 5.96. The van der Waals surface area contributed by atoms with E-state index in [-0.39, 0.29) is 17.6 Å². The van der Waals surface area contributed by atoms with Gasteiger partial charge in [0.2, 0.25) is 5.91 Å². The highest BCUT2D eigenvalue weighted by Gasteiger charge is 2.31. The summed E-state index contributed by atoms with van der Waals surface area (Å²) < 4.78 is 0. The summed E-state index contributed by atoms with van der Waals surface area (Å²) in [7, 11) is 2.20. The number of nitrogens with one attached hydrogen (secondary N) is 2. The number of aromatic nitrogens is 2. The number of carbonyl (C=O) groups excluding carboxylic acids is 2. The second-order valence-electron chi connectivity index (χ2n) is 11.6. The number of anilines is 4. The van der Waals surface area contributed by atoms with Crippen LogP contribution >= 0.6 is 0 Å². The standard InChI is InChI=1S/C31H45N9O2/c1-4-26-30(33-14-17-40(25-10-11-25)27(41)5-2)36-31(28(35-26)29(32)42)34-22-6-8-23(9-7-22)38-15-12-24(13-16-38)39-20-18-37(3)19-21-39/h5-9,24-25H,2,4,10-21H2,1,3H3,(H2,32,42)(H2,33,34,36). The van der Waals surface area contributed by atoms with Gasteiger partial charge >= 0.3 is 0 Å². The highest BCUT2D eigenvalue weighted by molar-refractivity contribution is 5.96. The molecule has 42 heavy (non-hydrogen) atoms. The summed E-state index contributed by atoms with van der Waals surface area (Å²) in [4.78, 5) is 43.2. The molecule has 0 unspecified atom stereocenters. The van der Waals surface area contributed by atoms with Gasteiger partial charge in [-0.25, -0.2) is 9.97 Å². The fraction of sp³-hybridized carbons (Fsp3) is 0.548. The smallest absolute Gasteiger partial charge is 0.271 e. The molecule has 3 fully saturated rings. The molecule has 4 N–H and O–H groups in total. The quantitative estimate of drug-likeness (QED) is 0.328.